The highest BCUT2D eigenvalue weighted by atomic mass is 19.1. The summed E-state index contributed by atoms with van der Waals surface area (Å²) < 4.78 is 32.3. The molecule has 100 valence electrons. The largest absolute Gasteiger partial charge is 0.464 e. The van der Waals surface area contributed by atoms with Crippen molar-refractivity contribution in [1.29, 1.82) is 0 Å². The lowest BCUT2D eigenvalue weighted by Crippen LogP contribution is -2.46. The second kappa shape index (κ2) is 5.44. The highest BCUT2D eigenvalue weighted by molar-refractivity contribution is 5.82. The minimum absolute atomic E-state index is 0.0634. The van der Waals surface area contributed by atoms with Crippen LogP contribution < -0.4 is 5.32 Å². The lowest BCUT2D eigenvalue weighted by Gasteiger charge is -2.27. The van der Waals surface area contributed by atoms with E-state index in [1.165, 1.54) is 20.9 Å². The Kier molecular flexibility index (Phi) is 4.40. The molecule has 0 aliphatic carbocycles. The average Bonchev–Trinajstić information content (AvgIpc) is 2.33. The molecular weight excluding hydrogens is 240 g/mol. The summed E-state index contributed by atoms with van der Waals surface area (Å²) in [6.07, 6.45) is 0. The number of rotatable bonds is 4. The van der Waals surface area contributed by atoms with E-state index in [4.69, 9.17) is 4.74 Å². The fourth-order valence-corrected chi connectivity index (χ4v) is 1.65. The van der Waals surface area contributed by atoms with E-state index in [-0.39, 0.29) is 17.7 Å². The first-order valence-electron chi connectivity index (χ1n) is 5.69. The molecule has 1 unspecified atom stereocenters. The van der Waals surface area contributed by atoms with Gasteiger partial charge < -0.3 is 10.1 Å². The van der Waals surface area contributed by atoms with Crippen LogP contribution in [0.5, 0.6) is 0 Å². The van der Waals surface area contributed by atoms with Crippen LogP contribution >= 0.6 is 0 Å². The van der Waals surface area contributed by atoms with Crippen molar-refractivity contribution in [2.45, 2.75) is 26.3 Å². The molecule has 1 N–H and O–H groups in total. The molecule has 0 amide bonds. The molecule has 1 atom stereocenters. The third-order valence-corrected chi connectivity index (χ3v) is 2.97. The molecule has 0 aliphatic rings. The van der Waals surface area contributed by atoms with Crippen molar-refractivity contribution >= 4 is 5.97 Å². The molecule has 1 aromatic carbocycles. The average molecular weight is 257 g/mol. The Hall–Kier alpha value is -1.49. The van der Waals surface area contributed by atoms with Crippen molar-refractivity contribution in [2.24, 2.45) is 0 Å². The van der Waals surface area contributed by atoms with Gasteiger partial charge in [0.2, 0.25) is 0 Å². The second-order valence-electron chi connectivity index (χ2n) is 4.18. The molecule has 0 fully saturated rings. The van der Waals surface area contributed by atoms with Crippen LogP contribution in [0.3, 0.4) is 0 Å². The lowest BCUT2D eigenvalue weighted by molar-refractivity contribution is -0.150. The Morgan fingerprint density at radius 1 is 1.39 bits per heavy atom. The summed E-state index contributed by atoms with van der Waals surface area (Å²) in [5, 5.41) is 2.69. The second-order valence-corrected chi connectivity index (χ2v) is 4.18. The van der Waals surface area contributed by atoms with Gasteiger partial charge in [-0.25, -0.2) is 13.6 Å². The number of carbonyl (C=O) groups excluding carboxylic acids is 1. The fraction of sp³-hybridized carbons (Fsp3) is 0.462. The van der Waals surface area contributed by atoms with Crippen molar-refractivity contribution < 1.29 is 18.3 Å². The molecule has 0 saturated carbocycles. The van der Waals surface area contributed by atoms with Crippen LogP contribution in [0.25, 0.3) is 0 Å². The number of hydrogen-bond donors (Lipinski definition) is 1. The minimum atomic E-state index is -1.41. The van der Waals surface area contributed by atoms with Crippen LogP contribution in [-0.4, -0.2) is 19.6 Å². The van der Waals surface area contributed by atoms with E-state index >= 15 is 0 Å². The van der Waals surface area contributed by atoms with E-state index in [9.17, 15) is 13.6 Å². The first-order valence-corrected chi connectivity index (χ1v) is 5.69. The van der Waals surface area contributed by atoms with Crippen molar-refractivity contribution in [1.82, 2.24) is 5.32 Å². The molecule has 0 bridgehead atoms. The Bertz CT molecular complexity index is 463. The first-order chi connectivity index (χ1) is 8.36. The summed E-state index contributed by atoms with van der Waals surface area (Å²) in [5.74, 6) is -1.84. The number of hydrogen-bond acceptors (Lipinski definition) is 3. The lowest BCUT2D eigenvalue weighted by atomic mass is 9.90. The maximum absolute atomic E-state index is 13.9. The summed E-state index contributed by atoms with van der Waals surface area (Å²) in [5.41, 5.74) is -1.28. The van der Waals surface area contributed by atoms with Crippen molar-refractivity contribution in [3.8, 4) is 0 Å². The molecule has 0 aromatic heterocycles. The summed E-state index contributed by atoms with van der Waals surface area (Å²) >= 11 is 0. The quantitative estimate of drug-likeness (QED) is 0.841. The summed E-state index contributed by atoms with van der Waals surface area (Å²) in [6.45, 7) is 4.74. The maximum atomic E-state index is 13.9. The van der Waals surface area contributed by atoms with Gasteiger partial charge in [-0.15, -0.1) is 0 Å². The van der Waals surface area contributed by atoms with Crippen LogP contribution in [0, 0.1) is 18.6 Å². The van der Waals surface area contributed by atoms with E-state index in [0.29, 0.717) is 0 Å². The normalized spacial score (nSPS) is 14.1. The van der Waals surface area contributed by atoms with Gasteiger partial charge in [-0.2, -0.15) is 0 Å². The SMILES string of the molecule is CCOC(=O)C(C)(NC)c1cc(F)c(C)cc1F. The van der Waals surface area contributed by atoms with Crippen LogP contribution in [0.15, 0.2) is 12.1 Å². The molecule has 5 heteroatoms. The summed E-state index contributed by atoms with van der Waals surface area (Å²) in [7, 11) is 1.49. The van der Waals surface area contributed by atoms with Gasteiger partial charge in [0.05, 0.1) is 6.61 Å². The molecule has 3 nitrogen and oxygen atoms in total. The zero-order valence-electron chi connectivity index (χ0n) is 10.9. The molecule has 0 radical (unpaired) electrons. The molecule has 1 aromatic rings. The number of ether oxygens (including phenoxy) is 1. The highest BCUT2D eigenvalue weighted by Crippen LogP contribution is 2.27. The molecular formula is C13H17F2NO2. The van der Waals surface area contributed by atoms with Gasteiger partial charge in [0.25, 0.3) is 0 Å². The molecule has 1 rings (SSSR count). The third-order valence-electron chi connectivity index (χ3n) is 2.97. The number of aryl methyl sites for hydroxylation is 1. The minimum Gasteiger partial charge on any atom is -0.464 e. The molecule has 18 heavy (non-hydrogen) atoms. The maximum Gasteiger partial charge on any atom is 0.330 e. The molecule has 0 saturated heterocycles. The van der Waals surface area contributed by atoms with E-state index in [2.05, 4.69) is 5.32 Å². The predicted molar refractivity (Wildman–Crippen MR) is 64.1 cm³/mol. The predicted octanol–water partition coefficient (Wildman–Crippen LogP) is 2.27. The Morgan fingerprint density at radius 2 is 2.00 bits per heavy atom. The van der Waals surface area contributed by atoms with Gasteiger partial charge in [0.1, 0.15) is 17.2 Å². The molecule has 0 spiro atoms. The Labute approximate surface area is 105 Å². The van der Waals surface area contributed by atoms with Crippen LogP contribution in [0.4, 0.5) is 8.78 Å². The fourth-order valence-electron chi connectivity index (χ4n) is 1.65. The van der Waals surface area contributed by atoms with E-state index in [1.54, 1.807) is 6.92 Å². The summed E-state index contributed by atoms with van der Waals surface area (Å²) in [6, 6.07) is 2.09. The van der Waals surface area contributed by atoms with Crippen LogP contribution in [0.2, 0.25) is 0 Å². The van der Waals surface area contributed by atoms with Crippen molar-refractivity contribution in [3.05, 3.63) is 34.9 Å². The number of esters is 1. The first kappa shape index (κ1) is 14.6. The van der Waals surface area contributed by atoms with Crippen LogP contribution in [-0.2, 0) is 15.1 Å². The van der Waals surface area contributed by atoms with E-state index in [1.807, 2.05) is 0 Å². The Morgan fingerprint density at radius 3 is 2.50 bits per heavy atom. The van der Waals surface area contributed by atoms with Gasteiger partial charge in [0.15, 0.2) is 0 Å². The van der Waals surface area contributed by atoms with Gasteiger partial charge >= 0.3 is 5.97 Å². The van der Waals surface area contributed by atoms with Crippen molar-refractivity contribution in [2.75, 3.05) is 13.7 Å². The van der Waals surface area contributed by atoms with Crippen molar-refractivity contribution in [3.63, 3.8) is 0 Å². The number of carbonyl (C=O) groups is 1. The molecule has 0 aliphatic heterocycles. The van der Waals surface area contributed by atoms with Crippen LogP contribution in [0.1, 0.15) is 25.0 Å². The van der Waals surface area contributed by atoms with Gasteiger partial charge in [-0.3, -0.25) is 0 Å². The third kappa shape index (κ3) is 2.51. The summed E-state index contributed by atoms with van der Waals surface area (Å²) in [4.78, 5) is 11.9. The number of benzene rings is 1. The monoisotopic (exact) mass is 257 g/mol. The smallest absolute Gasteiger partial charge is 0.330 e. The number of likely N-dealkylation sites (N-methyl/N-ethyl adjacent to an activating group) is 1. The highest BCUT2D eigenvalue weighted by Gasteiger charge is 2.38. The topological polar surface area (TPSA) is 38.3 Å². The van der Waals surface area contributed by atoms with E-state index < -0.39 is 23.1 Å². The zero-order chi connectivity index (χ0) is 13.9. The Balaban J connectivity index is 3.32. The standard InChI is InChI=1S/C13H17F2NO2/c1-5-18-12(17)13(3,16-4)9-7-10(14)8(2)6-11(9)15/h6-7,16H,5H2,1-4H3. The van der Waals surface area contributed by atoms with E-state index in [0.717, 1.165) is 12.1 Å². The zero-order valence-corrected chi connectivity index (χ0v) is 10.9. The van der Waals surface area contributed by atoms with Gasteiger partial charge in [0, 0.05) is 5.56 Å². The number of halogens is 2. The molecule has 0 heterocycles. The van der Waals surface area contributed by atoms with Gasteiger partial charge in [-0.1, -0.05) is 0 Å². The van der Waals surface area contributed by atoms with Gasteiger partial charge in [-0.05, 0) is 45.5 Å². The number of nitrogens with one attached hydrogen (secondary N) is 1.